The molecule has 2 fully saturated rings. The largest absolute Gasteiger partial charge is 0.395 e. The zero-order chi connectivity index (χ0) is 16.3. The fraction of sp³-hybridized carbons (Fsp3) is 1.00. The average Bonchev–Trinajstić information content (AvgIpc) is 3.09. The summed E-state index contributed by atoms with van der Waals surface area (Å²) in [6.07, 6.45) is 0.902. The number of alkyl halides is 3. The zero-order valence-electron chi connectivity index (χ0n) is 14.3. The van der Waals surface area contributed by atoms with E-state index in [2.05, 4.69) is 18.7 Å². The summed E-state index contributed by atoms with van der Waals surface area (Å²) in [5, 5.41) is 0. The van der Waals surface area contributed by atoms with Gasteiger partial charge in [-0.25, -0.2) is 0 Å². The number of piperidine rings is 1. The van der Waals surface area contributed by atoms with Crippen LogP contribution in [0.25, 0.3) is 0 Å². The van der Waals surface area contributed by atoms with Gasteiger partial charge in [-0.15, -0.1) is 0 Å². The molecule has 0 aromatic rings. The molecule has 0 amide bonds. The summed E-state index contributed by atoms with van der Waals surface area (Å²) in [6.45, 7) is 13.6. The monoisotopic (exact) mass is 307 g/mol. The Labute approximate surface area is 128 Å². The van der Waals surface area contributed by atoms with Crippen LogP contribution >= 0.6 is 0 Å². The van der Waals surface area contributed by atoms with Crippen LogP contribution in [0.4, 0.5) is 13.2 Å². The zero-order valence-corrected chi connectivity index (χ0v) is 14.3. The first-order chi connectivity index (χ1) is 9.49. The van der Waals surface area contributed by atoms with Gasteiger partial charge in [-0.3, -0.25) is 0 Å². The smallest absolute Gasteiger partial charge is 0.303 e. The predicted molar refractivity (Wildman–Crippen MR) is 82.3 cm³/mol. The van der Waals surface area contributed by atoms with Crippen molar-refractivity contribution >= 4 is 0 Å². The Morgan fingerprint density at radius 2 is 1.43 bits per heavy atom. The van der Waals surface area contributed by atoms with Crippen molar-refractivity contribution in [2.75, 3.05) is 19.6 Å². The lowest BCUT2D eigenvalue weighted by Gasteiger charge is -2.32. The lowest BCUT2D eigenvalue weighted by Crippen LogP contribution is -2.36. The van der Waals surface area contributed by atoms with E-state index in [1.165, 1.54) is 38.9 Å². The number of rotatable bonds is 2. The fourth-order valence-electron chi connectivity index (χ4n) is 3.24. The minimum absolute atomic E-state index is 0.306. The van der Waals surface area contributed by atoms with Crippen molar-refractivity contribution in [1.82, 2.24) is 4.90 Å². The standard InChI is InChI=1S/C9H19N.C8H13F3/c1-9(2)8-10-6-4-3-5-7-10;1-6(2,3)7(4-5-7)8(9,10)11/h9H,3-8H2,1-2H3;4-5H2,1-3H3. The van der Waals surface area contributed by atoms with E-state index in [4.69, 9.17) is 0 Å². The highest BCUT2D eigenvalue weighted by Crippen LogP contribution is 2.66. The molecule has 21 heavy (non-hydrogen) atoms. The molecule has 1 aliphatic carbocycles. The molecule has 0 atom stereocenters. The first-order valence-electron chi connectivity index (χ1n) is 8.29. The average molecular weight is 307 g/mol. The third-order valence-electron chi connectivity index (χ3n) is 4.80. The van der Waals surface area contributed by atoms with Gasteiger partial charge in [0, 0.05) is 6.54 Å². The molecule has 0 unspecified atom stereocenters. The molecule has 1 saturated carbocycles. The quantitative estimate of drug-likeness (QED) is 0.651. The Kier molecular flexibility index (Phi) is 6.17. The molecule has 126 valence electrons. The Hall–Kier alpha value is -0.250. The van der Waals surface area contributed by atoms with E-state index in [1.54, 1.807) is 20.8 Å². The summed E-state index contributed by atoms with van der Waals surface area (Å²) in [7, 11) is 0. The van der Waals surface area contributed by atoms with Crippen LogP contribution in [-0.2, 0) is 0 Å². The Morgan fingerprint density at radius 3 is 1.67 bits per heavy atom. The van der Waals surface area contributed by atoms with Gasteiger partial charge in [0.05, 0.1) is 5.41 Å². The fourth-order valence-corrected chi connectivity index (χ4v) is 3.24. The second kappa shape index (κ2) is 6.89. The van der Waals surface area contributed by atoms with Crippen molar-refractivity contribution in [3.8, 4) is 0 Å². The molecule has 0 spiro atoms. The summed E-state index contributed by atoms with van der Waals surface area (Å²) in [5.41, 5.74) is -2.01. The molecule has 2 rings (SSSR count). The van der Waals surface area contributed by atoms with Crippen LogP contribution in [0.3, 0.4) is 0 Å². The lowest BCUT2D eigenvalue weighted by atomic mass is 9.77. The van der Waals surface area contributed by atoms with Crippen LogP contribution in [0.1, 0.15) is 66.7 Å². The van der Waals surface area contributed by atoms with E-state index >= 15 is 0 Å². The SMILES string of the molecule is CC(C)(C)C1(C(F)(F)F)CC1.CC(C)CN1CCCCC1. The number of likely N-dealkylation sites (tertiary alicyclic amines) is 1. The molecule has 0 N–H and O–H groups in total. The van der Waals surface area contributed by atoms with Gasteiger partial charge in [0.25, 0.3) is 0 Å². The van der Waals surface area contributed by atoms with Crippen molar-refractivity contribution in [3.05, 3.63) is 0 Å². The Bertz CT molecular complexity index is 289. The minimum atomic E-state index is -4.01. The molecule has 1 nitrogen and oxygen atoms in total. The molecule has 0 aromatic heterocycles. The summed E-state index contributed by atoms with van der Waals surface area (Å²) in [5.74, 6) is 0.845. The first kappa shape index (κ1) is 18.8. The summed E-state index contributed by atoms with van der Waals surface area (Å²) in [6, 6.07) is 0. The summed E-state index contributed by atoms with van der Waals surface area (Å²) in [4.78, 5) is 2.59. The predicted octanol–water partition coefficient (Wildman–Crippen LogP) is 5.50. The van der Waals surface area contributed by atoms with Crippen molar-refractivity contribution < 1.29 is 13.2 Å². The maximum Gasteiger partial charge on any atom is 0.395 e. The normalized spacial score (nSPS) is 22.7. The van der Waals surface area contributed by atoms with Crippen LogP contribution in [0.2, 0.25) is 0 Å². The molecule has 0 radical (unpaired) electrons. The third kappa shape index (κ3) is 5.15. The van der Waals surface area contributed by atoms with Gasteiger partial charge in [-0.2, -0.15) is 13.2 Å². The highest BCUT2D eigenvalue weighted by Gasteiger charge is 2.68. The van der Waals surface area contributed by atoms with E-state index in [0.717, 1.165) is 5.92 Å². The van der Waals surface area contributed by atoms with Crippen LogP contribution < -0.4 is 0 Å². The van der Waals surface area contributed by atoms with Crippen LogP contribution in [0, 0.1) is 16.7 Å². The lowest BCUT2D eigenvalue weighted by molar-refractivity contribution is -0.215. The van der Waals surface area contributed by atoms with Gasteiger partial charge >= 0.3 is 6.18 Å². The van der Waals surface area contributed by atoms with Crippen LogP contribution in [0.15, 0.2) is 0 Å². The topological polar surface area (TPSA) is 3.24 Å². The van der Waals surface area contributed by atoms with Gasteiger partial charge < -0.3 is 4.90 Å². The third-order valence-corrected chi connectivity index (χ3v) is 4.80. The summed E-state index contributed by atoms with van der Waals surface area (Å²) < 4.78 is 37.2. The second-order valence-electron chi connectivity index (χ2n) is 8.08. The van der Waals surface area contributed by atoms with Crippen molar-refractivity contribution in [2.24, 2.45) is 16.7 Å². The Balaban J connectivity index is 0.000000211. The van der Waals surface area contributed by atoms with E-state index in [9.17, 15) is 13.2 Å². The molecule has 1 aliphatic heterocycles. The van der Waals surface area contributed by atoms with E-state index in [1.807, 2.05) is 0 Å². The summed E-state index contributed by atoms with van der Waals surface area (Å²) >= 11 is 0. The van der Waals surface area contributed by atoms with Crippen molar-refractivity contribution in [2.45, 2.75) is 72.9 Å². The molecule has 1 saturated heterocycles. The van der Waals surface area contributed by atoms with Crippen molar-refractivity contribution in [1.29, 1.82) is 0 Å². The maximum atomic E-state index is 12.4. The van der Waals surface area contributed by atoms with Gasteiger partial charge in [-0.1, -0.05) is 41.0 Å². The number of halogens is 3. The molecule has 4 heteroatoms. The number of nitrogens with zero attached hydrogens (tertiary/aromatic N) is 1. The number of hydrogen-bond donors (Lipinski definition) is 0. The van der Waals surface area contributed by atoms with E-state index < -0.39 is 17.0 Å². The molecule has 1 heterocycles. The Morgan fingerprint density at radius 1 is 0.952 bits per heavy atom. The minimum Gasteiger partial charge on any atom is -0.303 e. The van der Waals surface area contributed by atoms with E-state index in [-0.39, 0.29) is 0 Å². The van der Waals surface area contributed by atoms with Crippen LogP contribution in [-0.4, -0.2) is 30.7 Å². The first-order valence-corrected chi connectivity index (χ1v) is 8.29. The maximum absolute atomic E-state index is 12.4. The highest BCUT2D eigenvalue weighted by atomic mass is 19.4. The van der Waals surface area contributed by atoms with Gasteiger partial charge in [0.2, 0.25) is 0 Å². The highest BCUT2D eigenvalue weighted by molar-refractivity contribution is 5.06. The van der Waals surface area contributed by atoms with Crippen LogP contribution in [0.5, 0.6) is 0 Å². The molecular weight excluding hydrogens is 275 g/mol. The second-order valence-corrected chi connectivity index (χ2v) is 8.08. The molecule has 0 bridgehead atoms. The van der Waals surface area contributed by atoms with Gasteiger partial charge in [0.1, 0.15) is 0 Å². The number of hydrogen-bond acceptors (Lipinski definition) is 1. The van der Waals surface area contributed by atoms with Gasteiger partial charge in [0.15, 0.2) is 0 Å². The van der Waals surface area contributed by atoms with Gasteiger partial charge in [-0.05, 0) is 50.1 Å². The molecule has 0 aromatic carbocycles. The van der Waals surface area contributed by atoms with Crippen molar-refractivity contribution in [3.63, 3.8) is 0 Å². The molecular formula is C17H32F3N. The van der Waals surface area contributed by atoms with E-state index in [0.29, 0.717) is 12.8 Å². The molecule has 2 aliphatic rings.